The summed E-state index contributed by atoms with van der Waals surface area (Å²) in [6, 6.07) is 28.5. The van der Waals surface area contributed by atoms with Crippen LogP contribution in [0.3, 0.4) is 0 Å². The zero-order valence-corrected chi connectivity index (χ0v) is 17.8. The summed E-state index contributed by atoms with van der Waals surface area (Å²) in [5.41, 5.74) is 1.73. The van der Waals surface area contributed by atoms with E-state index < -0.39 is 11.5 Å². The minimum Gasteiger partial charge on any atom is -0.375 e. The van der Waals surface area contributed by atoms with Crippen LogP contribution in [0.25, 0.3) is 10.8 Å². The molecule has 158 valence electrons. The van der Waals surface area contributed by atoms with E-state index in [1.165, 1.54) is 0 Å². The SMILES string of the molecule is Cc1ccc(C(=O)C[C@]2(O)C(=O)N(Cc3ccc4ccccc4c3)c3ccccc32)cc1. The maximum Gasteiger partial charge on any atom is 0.264 e. The Morgan fingerprint density at radius 2 is 1.56 bits per heavy atom. The third kappa shape index (κ3) is 3.39. The van der Waals surface area contributed by atoms with Crippen LogP contribution in [0.2, 0.25) is 0 Å². The second-order valence-electron chi connectivity index (χ2n) is 8.42. The van der Waals surface area contributed by atoms with Gasteiger partial charge in [0.05, 0.1) is 18.7 Å². The molecule has 1 heterocycles. The topological polar surface area (TPSA) is 57.6 Å². The number of nitrogens with zero attached hydrogens (tertiary/aromatic N) is 1. The molecule has 0 unspecified atom stereocenters. The van der Waals surface area contributed by atoms with Gasteiger partial charge in [0.1, 0.15) is 0 Å². The Hall–Kier alpha value is -3.76. The number of aliphatic hydroxyl groups is 1. The van der Waals surface area contributed by atoms with Gasteiger partial charge in [0.2, 0.25) is 0 Å². The highest BCUT2D eigenvalue weighted by Crippen LogP contribution is 2.43. The molecule has 1 aliphatic rings. The summed E-state index contributed by atoms with van der Waals surface area (Å²) in [4.78, 5) is 28.0. The number of hydrogen-bond acceptors (Lipinski definition) is 3. The molecule has 0 saturated heterocycles. The minimum atomic E-state index is -1.88. The summed E-state index contributed by atoms with van der Waals surface area (Å²) in [6.45, 7) is 2.27. The molecule has 4 heteroatoms. The summed E-state index contributed by atoms with van der Waals surface area (Å²) in [5, 5.41) is 13.7. The van der Waals surface area contributed by atoms with E-state index in [0.29, 0.717) is 23.4 Å². The van der Waals surface area contributed by atoms with Gasteiger partial charge < -0.3 is 10.0 Å². The molecule has 32 heavy (non-hydrogen) atoms. The summed E-state index contributed by atoms with van der Waals surface area (Å²) < 4.78 is 0. The van der Waals surface area contributed by atoms with E-state index in [2.05, 4.69) is 6.07 Å². The predicted molar refractivity (Wildman–Crippen MR) is 126 cm³/mol. The third-order valence-corrected chi connectivity index (χ3v) is 6.18. The number of benzene rings is 4. The van der Waals surface area contributed by atoms with Crippen LogP contribution < -0.4 is 4.90 Å². The van der Waals surface area contributed by atoms with Crippen molar-refractivity contribution in [1.82, 2.24) is 0 Å². The molecule has 0 saturated carbocycles. The van der Waals surface area contributed by atoms with Crippen molar-refractivity contribution in [3.63, 3.8) is 0 Å². The van der Waals surface area contributed by atoms with Crippen molar-refractivity contribution in [3.05, 3.63) is 113 Å². The van der Waals surface area contributed by atoms with E-state index in [9.17, 15) is 14.7 Å². The lowest BCUT2D eigenvalue weighted by Crippen LogP contribution is -2.41. The maximum absolute atomic E-state index is 13.5. The lowest BCUT2D eigenvalue weighted by atomic mass is 9.88. The van der Waals surface area contributed by atoms with Gasteiger partial charge in [0.15, 0.2) is 11.4 Å². The van der Waals surface area contributed by atoms with Gasteiger partial charge >= 0.3 is 0 Å². The molecule has 0 aromatic heterocycles. The Morgan fingerprint density at radius 3 is 2.34 bits per heavy atom. The summed E-state index contributed by atoms with van der Waals surface area (Å²) >= 11 is 0. The molecule has 0 bridgehead atoms. The zero-order chi connectivity index (χ0) is 22.3. The highest BCUT2D eigenvalue weighted by molar-refractivity contribution is 6.10. The number of fused-ring (bicyclic) bond motifs is 2. The Kier molecular flexibility index (Phi) is 4.87. The van der Waals surface area contributed by atoms with Gasteiger partial charge in [-0.1, -0.05) is 84.4 Å². The first kappa shape index (κ1) is 20.2. The number of para-hydroxylation sites is 1. The van der Waals surface area contributed by atoms with Crippen molar-refractivity contribution >= 4 is 28.2 Å². The van der Waals surface area contributed by atoms with E-state index in [0.717, 1.165) is 21.9 Å². The molecule has 1 N–H and O–H groups in total. The monoisotopic (exact) mass is 421 g/mol. The average molecular weight is 421 g/mol. The number of aryl methyl sites for hydroxylation is 1. The molecule has 0 radical (unpaired) electrons. The number of ketones is 1. The van der Waals surface area contributed by atoms with E-state index in [1.807, 2.05) is 67.6 Å². The van der Waals surface area contributed by atoms with Crippen molar-refractivity contribution in [1.29, 1.82) is 0 Å². The van der Waals surface area contributed by atoms with E-state index in [1.54, 1.807) is 29.2 Å². The minimum absolute atomic E-state index is 0.261. The fourth-order valence-electron chi connectivity index (χ4n) is 4.43. The molecule has 4 nitrogen and oxygen atoms in total. The summed E-state index contributed by atoms with van der Waals surface area (Å²) in [7, 11) is 0. The molecule has 1 atom stereocenters. The van der Waals surface area contributed by atoms with E-state index in [-0.39, 0.29) is 12.2 Å². The Labute approximate surface area is 186 Å². The number of carbonyl (C=O) groups excluding carboxylic acids is 2. The molecule has 4 aromatic rings. The highest BCUT2D eigenvalue weighted by atomic mass is 16.3. The van der Waals surface area contributed by atoms with Gasteiger partial charge in [-0.15, -0.1) is 0 Å². The van der Waals surface area contributed by atoms with E-state index >= 15 is 0 Å². The first-order valence-corrected chi connectivity index (χ1v) is 10.7. The molecule has 0 spiro atoms. The predicted octanol–water partition coefficient (Wildman–Crippen LogP) is 5.16. The number of hydrogen-bond donors (Lipinski definition) is 1. The molecular weight excluding hydrogens is 398 g/mol. The molecule has 1 amide bonds. The fraction of sp³-hybridized carbons (Fsp3) is 0.143. The van der Waals surface area contributed by atoms with Crippen LogP contribution in [0.4, 0.5) is 5.69 Å². The van der Waals surface area contributed by atoms with Crippen molar-refractivity contribution in [2.24, 2.45) is 0 Å². The van der Waals surface area contributed by atoms with Crippen LogP contribution in [-0.2, 0) is 16.9 Å². The van der Waals surface area contributed by atoms with Gasteiger partial charge in [-0.2, -0.15) is 0 Å². The molecule has 0 aliphatic carbocycles. The van der Waals surface area contributed by atoms with Gasteiger partial charge in [-0.3, -0.25) is 9.59 Å². The number of rotatable bonds is 5. The molecule has 0 fully saturated rings. The lowest BCUT2D eigenvalue weighted by molar-refractivity contribution is -0.136. The molecule has 5 rings (SSSR count). The Morgan fingerprint density at radius 1 is 0.875 bits per heavy atom. The standard InChI is InChI=1S/C28H23NO3/c1-19-10-13-22(14-11-19)26(30)17-28(32)24-8-4-5-9-25(24)29(27(28)31)18-20-12-15-21-6-2-3-7-23(21)16-20/h2-16,32H,17-18H2,1H3/t28-/m1/s1. The van der Waals surface area contributed by atoms with Gasteiger partial charge in [-0.05, 0) is 35.4 Å². The number of amides is 1. The van der Waals surface area contributed by atoms with Crippen molar-refractivity contribution in [2.45, 2.75) is 25.5 Å². The third-order valence-electron chi connectivity index (χ3n) is 6.18. The highest BCUT2D eigenvalue weighted by Gasteiger charge is 2.50. The largest absolute Gasteiger partial charge is 0.375 e. The number of carbonyl (C=O) groups is 2. The van der Waals surface area contributed by atoms with Crippen LogP contribution in [-0.4, -0.2) is 16.8 Å². The van der Waals surface area contributed by atoms with Crippen LogP contribution in [0.1, 0.15) is 33.5 Å². The second-order valence-corrected chi connectivity index (χ2v) is 8.42. The molecule has 1 aliphatic heterocycles. The first-order valence-electron chi connectivity index (χ1n) is 10.7. The normalized spacial score (nSPS) is 17.6. The zero-order valence-electron chi connectivity index (χ0n) is 17.8. The molecule has 4 aromatic carbocycles. The van der Waals surface area contributed by atoms with Gasteiger partial charge in [-0.25, -0.2) is 0 Å². The number of anilines is 1. The van der Waals surface area contributed by atoms with Crippen molar-refractivity contribution in [2.75, 3.05) is 4.90 Å². The number of Topliss-reactive ketones (excluding diaryl/α,β-unsaturated/α-hetero) is 1. The lowest BCUT2D eigenvalue weighted by Gasteiger charge is -2.23. The van der Waals surface area contributed by atoms with Gasteiger partial charge in [0.25, 0.3) is 5.91 Å². The quantitative estimate of drug-likeness (QED) is 0.453. The van der Waals surface area contributed by atoms with Crippen LogP contribution in [0.5, 0.6) is 0 Å². The van der Waals surface area contributed by atoms with Gasteiger partial charge in [0, 0.05) is 11.1 Å². The van der Waals surface area contributed by atoms with Crippen LogP contribution >= 0.6 is 0 Å². The van der Waals surface area contributed by atoms with Crippen molar-refractivity contribution < 1.29 is 14.7 Å². The Bertz CT molecular complexity index is 1340. The smallest absolute Gasteiger partial charge is 0.264 e. The first-order chi connectivity index (χ1) is 15.5. The summed E-state index contributed by atoms with van der Waals surface area (Å²) in [5.74, 6) is -0.726. The van der Waals surface area contributed by atoms with Crippen LogP contribution in [0.15, 0.2) is 91.0 Å². The maximum atomic E-state index is 13.5. The van der Waals surface area contributed by atoms with Crippen LogP contribution in [0, 0.1) is 6.92 Å². The summed E-state index contributed by atoms with van der Waals surface area (Å²) in [6.07, 6.45) is -0.292. The second kappa shape index (κ2) is 7.74. The molecular formula is C28H23NO3. The average Bonchev–Trinajstić information content (AvgIpc) is 3.01. The fourth-order valence-corrected chi connectivity index (χ4v) is 4.43. The Balaban J connectivity index is 1.48. The van der Waals surface area contributed by atoms with Crippen molar-refractivity contribution in [3.8, 4) is 0 Å². The van der Waals surface area contributed by atoms with E-state index in [4.69, 9.17) is 0 Å².